The van der Waals surface area contributed by atoms with Crippen LogP contribution in [0.1, 0.15) is 39.5 Å². The van der Waals surface area contributed by atoms with Gasteiger partial charge in [-0.3, -0.25) is 4.99 Å². The normalized spacial score (nSPS) is 20.4. The number of hydrogen-bond acceptors (Lipinski definition) is 3. The minimum absolute atomic E-state index is 0. The Bertz CT molecular complexity index is 339. The molecular weight excluding hydrogens is 403 g/mol. The van der Waals surface area contributed by atoms with Gasteiger partial charge in [-0.05, 0) is 37.5 Å². The van der Waals surface area contributed by atoms with Crippen molar-refractivity contribution in [3.63, 3.8) is 0 Å². The molecule has 2 aliphatic rings. The molecule has 0 spiro atoms. The molecule has 0 atom stereocenters. The van der Waals surface area contributed by atoms with Crippen LogP contribution in [-0.4, -0.2) is 63.3 Å². The second-order valence-corrected chi connectivity index (χ2v) is 7.13. The van der Waals surface area contributed by atoms with E-state index in [0.29, 0.717) is 6.04 Å². The zero-order chi connectivity index (χ0) is 15.8. The summed E-state index contributed by atoms with van der Waals surface area (Å²) in [5, 5.41) is 6.90. The molecule has 0 amide bonds. The quantitative estimate of drug-likeness (QED) is 0.264. The number of nitrogens with one attached hydrogen (secondary N) is 2. The van der Waals surface area contributed by atoms with Crippen molar-refractivity contribution in [2.75, 3.05) is 46.4 Å². The molecule has 0 radical (unpaired) electrons. The number of halogens is 1. The Hall–Kier alpha value is -0.0800. The Labute approximate surface area is 159 Å². The molecule has 1 aliphatic heterocycles. The third-order valence-electron chi connectivity index (χ3n) is 4.36. The summed E-state index contributed by atoms with van der Waals surface area (Å²) in [5.41, 5.74) is 0. The summed E-state index contributed by atoms with van der Waals surface area (Å²) in [6.45, 7) is 10.7. The van der Waals surface area contributed by atoms with Crippen LogP contribution in [0.25, 0.3) is 0 Å². The number of aliphatic imine (C=N–C) groups is 1. The van der Waals surface area contributed by atoms with E-state index in [0.717, 1.165) is 37.6 Å². The summed E-state index contributed by atoms with van der Waals surface area (Å²) >= 11 is 0. The van der Waals surface area contributed by atoms with Crippen LogP contribution in [0.3, 0.4) is 0 Å². The summed E-state index contributed by atoms with van der Waals surface area (Å²) in [6.07, 6.45) is 5.11. The molecule has 23 heavy (non-hydrogen) atoms. The van der Waals surface area contributed by atoms with Gasteiger partial charge in [0.15, 0.2) is 5.96 Å². The van der Waals surface area contributed by atoms with Crippen LogP contribution in [0.5, 0.6) is 0 Å². The lowest BCUT2D eigenvalue weighted by atomic mass is 10.0. The van der Waals surface area contributed by atoms with Crippen LogP contribution in [0.4, 0.5) is 0 Å². The van der Waals surface area contributed by atoms with E-state index >= 15 is 0 Å². The van der Waals surface area contributed by atoms with E-state index in [4.69, 9.17) is 4.74 Å². The van der Waals surface area contributed by atoms with Crippen molar-refractivity contribution in [1.82, 2.24) is 15.5 Å². The summed E-state index contributed by atoms with van der Waals surface area (Å²) < 4.78 is 5.64. The monoisotopic (exact) mass is 438 g/mol. The van der Waals surface area contributed by atoms with Crippen LogP contribution in [0.15, 0.2) is 4.99 Å². The highest BCUT2D eigenvalue weighted by molar-refractivity contribution is 14.0. The summed E-state index contributed by atoms with van der Waals surface area (Å²) in [7, 11) is 1.84. The van der Waals surface area contributed by atoms with Crippen molar-refractivity contribution in [2.45, 2.75) is 45.6 Å². The van der Waals surface area contributed by atoms with E-state index in [2.05, 4.69) is 34.4 Å². The second kappa shape index (κ2) is 11.5. The number of rotatable bonds is 8. The molecule has 6 heteroatoms. The fourth-order valence-electron chi connectivity index (χ4n) is 2.94. The zero-order valence-corrected chi connectivity index (χ0v) is 17.3. The first-order chi connectivity index (χ1) is 10.7. The van der Waals surface area contributed by atoms with E-state index in [-0.39, 0.29) is 24.0 Å². The molecule has 2 rings (SSSR count). The van der Waals surface area contributed by atoms with E-state index < -0.39 is 0 Å². The molecule has 1 aliphatic carbocycles. The van der Waals surface area contributed by atoms with Gasteiger partial charge in [-0.1, -0.05) is 13.8 Å². The Balaban J connectivity index is 0.00000264. The molecule has 2 fully saturated rings. The predicted octanol–water partition coefficient (Wildman–Crippen LogP) is 2.32. The molecule has 136 valence electrons. The largest absolute Gasteiger partial charge is 0.379 e. The molecule has 0 aromatic rings. The fraction of sp³-hybridized carbons (Fsp3) is 0.941. The van der Waals surface area contributed by atoms with Crippen LogP contribution in [0.2, 0.25) is 0 Å². The van der Waals surface area contributed by atoms with Gasteiger partial charge in [0.25, 0.3) is 0 Å². The number of hydrogen-bond donors (Lipinski definition) is 2. The number of ether oxygens (including phenoxy) is 1. The van der Waals surface area contributed by atoms with Crippen molar-refractivity contribution < 1.29 is 4.74 Å². The van der Waals surface area contributed by atoms with Gasteiger partial charge in [-0.2, -0.15) is 0 Å². The van der Waals surface area contributed by atoms with Gasteiger partial charge in [-0.25, -0.2) is 0 Å². The molecular formula is C17H35IN4O. The van der Waals surface area contributed by atoms with Gasteiger partial charge < -0.3 is 20.3 Å². The third kappa shape index (κ3) is 9.10. The van der Waals surface area contributed by atoms with E-state index in [1.165, 1.54) is 45.3 Å². The van der Waals surface area contributed by atoms with Gasteiger partial charge >= 0.3 is 0 Å². The molecule has 0 aromatic carbocycles. The van der Waals surface area contributed by atoms with Gasteiger partial charge in [0, 0.05) is 45.9 Å². The van der Waals surface area contributed by atoms with Crippen molar-refractivity contribution in [2.24, 2.45) is 16.8 Å². The zero-order valence-electron chi connectivity index (χ0n) is 15.0. The first-order valence-corrected chi connectivity index (χ1v) is 8.94. The number of guanidine groups is 1. The number of likely N-dealkylation sites (tertiary alicyclic amines) is 1. The van der Waals surface area contributed by atoms with E-state index in [1.807, 2.05) is 7.05 Å². The van der Waals surface area contributed by atoms with E-state index in [1.54, 1.807) is 0 Å². The molecule has 1 heterocycles. The molecule has 2 N–H and O–H groups in total. The van der Waals surface area contributed by atoms with Gasteiger partial charge in [0.2, 0.25) is 0 Å². The minimum Gasteiger partial charge on any atom is -0.379 e. The molecule has 5 nitrogen and oxygen atoms in total. The smallest absolute Gasteiger partial charge is 0.191 e. The first-order valence-electron chi connectivity index (χ1n) is 8.94. The Morgan fingerprint density at radius 2 is 1.91 bits per heavy atom. The second-order valence-electron chi connectivity index (χ2n) is 7.13. The molecule has 1 saturated carbocycles. The predicted molar refractivity (Wildman–Crippen MR) is 108 cm³/mol. The average Bonchev–Trinajstić information content (AvgIpc) is 3.31. The summed E-state index contributed by atoms with van der Waals surface area (Å²) in [6, 6.07) is 0.544. The molecule has 0 aromatic heterocycles. The lowest BCUT2D eigenvalue weighted by Crippen LogP contribution is -2.49. The van der Waals surface area contributed by atoms with Crippen LogP contribution >= 0.6 is 24.0 Å². The van der Waals surface area contributed by atoms with Crippen LogP contribution < -0.4 is 10.6 Å². The maximum absolute atomic E-state index is 5.64. The summed E-state index contributed by atoms with van der Waals surface area (Å²) in [5.74, 6) is 2.51. The van der Waals surface area contributed by atoms with E-state index in [9.17, 15) is 0 Å². The topological polar surface area (TPSA) is 48.9 Å². The first kappa shape index (κ1) is 21.0. The third-order valence-corrected chi connectivity index (χ3v) is 4.36. The Morgan fingerprint density at radius 3 is 2.48 bits per heavy atom. The maximum Gasteiger partial charge on any atom is 0.191 e. The van der Waals surface area contributed by atoms with Crippen molar-refractivity contribution in [1.29, 1.82) is 0 Å². The highest BCUT2D eigenvalue weighted by Crippen LogP contribution is 2.28. The Morgan fingerprint density at radius 1 is 1.22 bits per heavy atom. The highest BCUT2D eigenvalue weighted by atomic mass is 127. The minimum atomic E-state index is 0. The lowest BCUT2D eigenvalue weighted by molar-refractivity contribution is 0.128. The maximum atomic E-state index is 5.64. The van der Waals surface area contributed by atoms with Gasteiger partial charge in [0.05, 0.1) is 6.61 Å². The number of nitrogens with zero attached hydrogens (tertiary/aromatic N) is 2. The standard InChI is InChI=1S/C17H34N4O.HI/c1-14(2)12-21-9-6-16(7-10-21)20-17(18-3)19-8-11-22-13-15-4-5-15;/h14-16H,4-13H2,1-3H3,(H2,18,19,20);1H. The molecule has 0 unspecified atom stereocenters. The number of piperidine rings is 1. The lowest BCUT2D eigenvalue weighted by Gasteiger charge is -2.33. The molecule has 1 saturated heterocycles. The Kier molecular flexibility index (Phi) is 10.5. The van der Waals surface area contributed by atoms with Crippen molar-refractivity contribution in [3.05, 3.63) is 0 Å². The van der Waals surface area contributed by atoms with Gasteiger partial charge in [0.1, 0.15) is 0 Å². The van der Waals surface area contributed by atoms with Crippen molar-refractivity contribution >= 4 is 29.9 Å². The van der Waals surface area contributed by atoms with Gasteiger partial charge in [-0.15, -0.1) is 24.0 Å². The van der Waals surface area contributed by atoms with Crippen LogP contribution in [-0.2, 0) is 4.74 Å². The average molecular weight is 438 g/mol. The SMILES string of the molecule is CN=C(NCCOCC1CC1)NC1CCN(CC(C)C)CC1.I. The van der Waals surface area contributed by atoms with Crippen molar-refractivity contribution in [3.8, 4) is 0 Å². The molecule has 0 bridgehead atoms. The fourth-order valence-corrected chi connectivity index (χ4v) is 2.94. The van der Waals surface area contributed by atoms with Crippen LogP contribution in [0, 0.1) is 11.8 Å². The highest BCUT2D eigenvalue weighted by Gasteiger charge is 2.21. The summed E-state index contributed by atoms with van der Waals surface area (Å²) in [4.78, 5) is 6.89.